The molecule has 0 spiro atoms. The summed E-state index contributed by atoms with van der Waals surface area (Å²) in [6, 6.07) is 9.95. The number of nitrogens with two attached hydrogens (primary N) is 2. The number of benzene rings is 2. The third-order valence-corrected chi connectivity index (χ3v) is 6.37. The minimum atomic E-state index is -4.30. The summed E-state index contributed by atoms with van der Waals surface area (Å²) < 4.78 is 81.8. The maximum absolute atomic E-state index is 14.6. The molecule has 0 aromatic heterocycles. The van der Waals surface area contributed by atoms with E-state index in [9.17, 15) is 31.5 Å². The molecule has 3 rings (SSSR count). The Kier molecular flexibility index (Phi) is 10.4. The van der Waals surface area contributed by atoms with Crippen molar-refractivity contribution in [2.75, 3.05) is 24.7 Å². The van der Waals surface area contributed by atoms with Crippen LogP contribution in [0.4, 0.5) is 33.3 Å². The van der Waals surface area contributed by atoms with Gasteiger partial charge in [0.2, 0.25) is 0 Å². The number of halogens is 5. The van der Waals surface area contributed by atoms with Crippen LogP contribution in [0, 0.1) is 11.8 Å². The lowest BCUT2D eigenvalue weighted by Gasteiger charge is -2.33. The molecule has 0 unspecified atom stereocenters. The van der Waals surface area contributed by atoms with Gasteiger partial charge < -0.3 is 25.7 Å². The molecule has 1 aliphatic rings. The van der Waals surface area contributed by atoms with Crippen LogP contribution in [-0.4, -0.2) is 37.4 Å². The summed E-state index contributed by atoms with van der Waals surface area (Å²) in [7, 11) is 0. The summed E-state index contributed by atoms with van der Waals surface area (Å²) in [6.07, 6.45) is -5.86. The SMILES string of the molecule is Nc1cc(N)cc(C(=O)OCCCOC(=O)/C=C/c2ccc(OC(F)(F)C3CCC(CC(F)(F)F)CC3)cc2)c1. The predicted octanol–water partition coefficient (Wildman–Crippen LogP) is 6.38. The van der Waals surface area contributed by atoms with E-state index in [1.807, 2.05) is 0 Å². The standard InChI is InChI=1S/C28H31F5N2O5/c29-27(30,31)17-19-2-7-21(8-3-19)28(32,33)40-24-9-4-18(5-10-24)6-11-25(36)38-12-1-13-39-26(37)20-14-22(34)16-23(35)15-20/h4-6,9-11,14-16,19,21H,1-3,7-8,12-13,17,34-35H2/b11-6+. The van der Waals surface area contributed by atoms with Crippen LogP contribution in [0.3, 0.4) is 0 Å². The maximum atomic E-state index is 14.6. The maximum Gasteiger partial charge on any atom is 0.400 e. The lowest BCUT2D eigenvalue weighted by molar-refractivity contribution is -0.225. The number of alkyl halides is 5. The monoisotopic (exact) mass is 570 g/mol. The average molecular weight is 571 g/mol. The quantitative estimate of drug-likeness (QED) is 0.106. The number of hydrogen-bond donors (Lipinski definition) is 2. The molecular formula is C28H31F5N2O5. The summed E-state index contributed by atoms with van der Waals surface area (Å²) in [5, 5.41) is 0. The molecule has 7 nitrogen and oxygen atoms in total. The van der Waals surface area contributed by atoms with E-state index >= 15 is 0 Å². The minimum Gasteiger partial charge on any atom is -0.462 e. The highest BCUT2D eigenvalue weighted by atomic mass is 19.4. The van der Waals surface area contributed by atoms with Gasteiger partial charge >= 0.3 is 24.2 Å². The molecule has 2 aromatic carbocycles. The van der Waals surface area contributed by atoms with Gasteiger partial charge in [0.25, 0.3) is 0 Å². The molecule has 0 aliphatic heterocycles. The minimum absolute atomic E-state index is 0.00446. The van der Waals surface area contributed by atoms with Crippen LogP contribution in [0.15, 0.2) is 48.5 Å². The van der Waals surface area contributed by atoms with E-state index in [-0.39, 0.29) is 56.6 Å². The molecule has 0 radical (unpaired) electrons. The number of esters is 2. The van der Waals surface area contributed by atoms with Crippen molar-refractivity contribution < 1.29 is 45.8 Å². The van der Waals surface area contributed by atoms with Gasteiger partial charge in [0.15, 0.2) is 0 Å². The smallest absolute Gasteiger partial charge is 0.400 e. The summed E-state index contributed by atoms with van der Waals surface area (Å²) in [5.74, 6) is -3.16. The van der Waals surface area contributed by atoms with Crippen LogP contribution < -0.4 is 16.2 Å². The highest BCUT2D eigenvalue weighted by Crippen LogP contribution is 2.42. The van der Waals surface area contributed by atoms with E-state index in [0.717, 1.165) is 6.08 Å². The number of carbonyl (C=O) groups excluding carboxylic acids is 2. The fourth-order valence-corrected chi connectivity index (χ4v) is 4.40. The Labute approximate surface area is 228 Å². The van der Waals surface area contributed by atoms with Crippen LogP contribution in [0.5, 0.6) is 5.75 Å². The van der Waals surface area contributed by atoms with Crippen LogP contribution in [0.1, 0.15) is 54.4 Å². The first-order valence-corrected chi connectivity index (χ1v) is 12.7. The Hall–Kier alpha value is -3.83. The molecule has 2 aromatic rings. The molecule has 0 amide bonds. The zero-order chi connectivity index (χ0) is 29.3. The van der Waals surface area contributed by atoms with Crippen molar-refractivity contribution >= 4 is 29.4 Å². The zero-order valence-electron chi connectivity index (χ0n) is 21.6. The van der Waals surface area contributed by atoms with Crippen molar-refractivity contribution in [3.63, 3.8) is 0 Å². The van der Waals surface area contributed by atoms with E-state index in [0.29, 0.717) is 16.9 Å². The highest BCUT2D eigenvalue weighted by molar-refractivity contribution is 5.91. The van der Waals surface area contributed by atoms with E-state index in [1.165, 1.54) is 48.5 Å². The number of nitrogen functional groups attached to an aromatic ring is 2. The lowest BCUT2D eigenvalue weighted by Crippen LogP contribution is -2.37. The third kappa shape index (κ3) is 10.0. The molecular weight excluding hydrogens is 539 g/mol. The van der Waals surface area contributed by atoms with Gasteiger partial charge in [0.05, 0.1) is 24.7 Å². The van der Waals surface area contributed by atoms with Gasteiger partial charge in [-0.15, -0.1) is 0 Å². The van der Waals surface area contributed by atoms with Crippen molar-refractivity contribution in [2.45, 2.75) is 50.8 Å². The van der Waals surface area contributed by atoms with Gasteiger partial charge in [0, 0.05) is 30.3 Å². The molecule has 218 valence electrons. The number of anilines is 2. The van der Waals surface area contributed by atoms with Gasteiger partial charge in [-0.05, 0) is 73.6 Å². The number of rotatable bonds is 11. The first-order valence-electron chi connectivity index (χ1n) is 12.7. The first-order chi connectivity index (χ1) is 18.8. The molecule has 0 bridgehead atoms. The Morgan fingerprint density at radius 1 is 0.875 bits per heavy atom. The van der Waals surface area contributed by atoms with Gasteiger partial charge in [-0.1, -0.05) is 12.1 Å². The van der Waals surface area contributed by atoms with Crippen molar-refractivity contribution in [1.29, 1.82) is 0 Å². The lowest BCUT2D eigenvalue weighted by atomic mass is 9.80. The number of hydrogen-bond acceptors (Lipinski definition) is 7. The number of carbonyl (C=O) groups is 2. The van der Waals surface area contributed by atoms with E-state index in [4.69, 9.17) is 25.7 Å². The Bertz CT molecular complexity index is 1160. The van der Waals surface area contributed by atoms with E-state index in [2.05, 4.69) is 0 Å². The second-order valence-electron chi connectivity index (χ2n) is 9.65. The van der Waals surface area contributed by atoms with Crippen molar-refractivity contribution in [1.82, 2.24) is 0 Å². The van der Waals surface area contributed by atoms with Gasteiger partial charge in [-0.2, -0.15) is 22.0 Å². The summed E-state index contributed by atoms with van der Waals surface area (Å²) in [5.41, 5.74) is 12.7. The molecule has 12 heteroatoms. The van der Waals surface area contributed by atoms with Crippen molar-refractivity contribution in [3.05, 3.63) is 59.7 Å². The molecule has 1 aliphatic carbocycles. The van der Waals surface area contributed by atoms with E-state index < -0.39 is 42.5 Å². The topological polar surface area (TPSA) is 114 Å². The van der Waals surface area contributed by atoms with Gasteiger partial charge in [-0.25, -0.2) is 9.59 Å². The Morgan fingerprint density at radius 2 is 1.48 bits per heavy atom. The van der Waals surface area contributed by atoms with Crippen LogP contribution in [-0.2, 0) is 14.3 Å². The molecule has 1 fully saturated rings. The van der Waals surface area contributed by atoms with Crippen LogP contribution in [0.2, 0.25) is 0 Å². The Morgan fingerprint density at radius 3 is 2.08 bits per heavy atom. The highest BCUT2D eigenvalue weighted by Gasteiger charge is 2.45. The average Bonchev–Trinajstić information content (AvgIpc) is 2.86. The largest absolute Gasteiger partial charge is 0.462 e. The molecule has 40 heavy (non-hydrogen) atoms. The normalized spacial score (nSPS) is 17.9. The van der Waals surface area contributed by atoms with Gasteiger partial charge in [-0.3, -0.25) is 0 Å². The second-order valence-corrected chi connectivity index (χ2v) is 9.65. The first kappa shape index (κ1) is 30.7. The fourth-order valence-electron chi connectivity index (χ4n) is 4.40. The predicted molar refractivity (Wildman–Crippen MR) is 138 cm³/mol. The number of ether oxygens (including phenoxy) is 3. The molecule has 0 heterocycles. The second kappa shape index (κ2) is 13.5. The molecule has 0 saturated heterocycles. The molecule has 0 atom stereocenters. The van der Waals surface area contributed by atoms with E-state index in [1.54, 1.807) is 0 Å². The Balaban J connectivity index is 1.37. The van der Waals surface area contributed by atoms with Crippen LogP contribution in [0.25, 0.3) is 6.08 Å². The van der Waals surface area contributed by atoms with Crippen molar-refractivity contribution in [3.8, 4) is 5.75 Å². The summed E-state index contributed by atoms with van der Waals surface area (Å²) in [4.78, 5) is 23.9. The molecule has 4 N–H and O–H groups in total. The summed E-state index contributed by atoms with van der Waals surface area (Å²) in [6.45, 7) is 0.00112. The third-order valence-electron chi connectivity index (χ3n) is 6.37. The van der Waals surface area contributed by atoms with Gasteiger partial charge in [0.1, 0.15) is 5.75 Å². The fraction of sp³-hybridized carbons (Fsp3) is 0.429. The van der Waals surface area contributed by atoms with Crippen LogP contribution >= 0.6 is 0 Å². The zero-order valence-corrected chi connectivity index (χ0v) is 21.6. The summed E-state index contributed by atoms with van der Waals surface area (Å²) >= 11 is 0. The molecule has 1 saturated carbocycles. The van der Waals surface area contributed by atoms with Crippen molar-refractivity contribution in [2.24, 2.45) is 11.8 Å².